The molecule has 0 aliphatic heterocycles. The molecule has 0 saturated heterocycles. The van der Waals surface area contributed by atoms with Crippen molar-refractivity contribution in [3.05, 3.63) is 52.1 Å². The molecule has 3 aromatic rings. The molecule has 2 heterocycles. The van der Waals surface area contributed by atoms with E-state index in [0.717, 1.165) is 11.1 Å². The molecule has 0 radical (unpaired) electrons. The molecule has 3 rings (SSSR count). The van der Waals surface area contributed by atoms with Gasteiger partial charge in [0.25, 0.3) is 5.89 Å². The van der Waals surface area contributed by atoms with Crippen LogP contribution in [0.5, 0.6) is 0 Å². The summed E-state index contributed by atoms with van der Waals surface area (Å²) in [6, 6.07) is 8.79. The fourth-order valence-electron chi connectivity index (χ4n) is 1.75. The number of halogens is 2. The van der Waals surface area contributed by atoms with Gasteiger partial charge in [-0.3, -0.25) is 4.98 Å². The van der Waals surface area contributed by atoms with E-state index in [1.54, 1.807) is 30.5 Å². The zero-order valence-electron chi connectivity index (χ0n) is 10.8. The van der Waals surface area contributed by atoms with Crippen molar-refractivity contribution < 1.29 is 4.52 Å². The highest BCUT2D eigenvalue weighted by molar-refractivity contribution is 6.42. The average molecular weight is 321 g/mol. The van der Waals surface area contributed by atoms with Crippen molar-refractivity contribution in [3.63, 3.8) is 0 Å². The Kier molecular flexibility index (Phi) is 3.88. The van der Waals surface area contributed by atoms with Gasteiger partial charge in [0, 0.05) is 18.3 Å². The van der Waals surface area contributed by atoms with Crippen LogP contribution in [-0.4, -0.2) is 15.1 Å². The molecule has 21 heavy (non-hydrogen) atoms. The predicted molar refractivity (Wildman–Crippen MR) is 80.9 cm³/mol. The summed E-state index contributed by atoms with van der Waals surface area (Å²) in [6.07, 6.45) is 1.68. The quantitative estimate of drug-likeness (QED) is 0.798. The van der Waals surface area contributed by atoms with Gasteiger partial charge in [0.15, 0.2) is 0 Å². The van der Waals surface area contributed by atoms with Crippen LogP contribution in [0.1, 0.15) is 5.56 Å². The molecule has 2 aromatic heterocycles. The summed E-state index contributed by atoms with van der Waals surface area (Å²) in [5.74, 6) is 0.757. The number of hydrogen-bond donors (Lipinski definition) is 1. The standard InChI is InChI=1S/C14H10Cl2N4O/c15-10-3-2-9(5-11(10)16)13-19-14(21-20-13)12-4-1-8(6-17)7-18-12/h1-5,7H,6,17H2. The largest absolute Gasteiger partial charge is 0.332 e. The van der Waals surface area contributed by atoms with Crippen LogP contribution in [0.4, 0.5) is 0 Å². The summed E-state index contributed by atoms with van der Waals surface area (Å²) >= 11 is 11.9. The molecule has 0 bridgehead atoms. The Morgan fingerprint density at radius 3 is 2.62 bits per heavy atom. The molecule has 0 aliphatic carbocycles. The fourth-order valence-corrected chi connectivity index (χ4v) is 2.05. The first-order valence-electron chi connectivity index (χ1n) is 6.12. The second kappa shape index (κ2) is 5.81. The third kappa shape index (κ3) is 2.90. The normalized spacial score (nSPS) is 10.8. The molecular weight excluding hydrogens is 311 g/mol. The molecule has 0 saturated carbocycles. The lowest BCUT2D eigenvalue weighted by Gasteiger charge is -1.97. The lowest BCUT2D eigenvalue weighted by molar-refractivity contribution is 0.431. The van der Waals surface area contributed by atoms with E-state index in [-0.39, 0.29) is 0 Å². The van der Waals surface area contributed by atoms with Gasteiger partial charge in [-0.25, -0.2) is 0 Å². The fraction of sp³-hybridized carbons (Fsp3) is 0.0714. The Bertz CT molecular complexity index is 771. The van der Waals surface area contributed by atoms with Crippen molar-refractivity contribution in [2.45, 2.75) is 6.54 Å². The Balaban J connectivity index is 1.93. The Morgan fingerprint density at radius 1 is 1.10 bits per heavy atom. The molecular formula is C14H10Cl2N4O. The van der Waals surface area contributed by atoms with Crippen molar-refractivity contribution >= 4 is 23.2 Å². The second-order valence-corrected chi connectivity index (χ2v) is 5.12. The Morgan fingerprint density at radius 2 is 1.95 bits per heavy atom. The molecule has 0 fully saturated rings. The first kappa shape index (κ1) is 14.0. The summed E-state index contributed by atoms with van der Waals surface area (Å²) in [5, 5.41) is 4.83. The van der Waals surface area contributed by atoms with E-state index in [1.165, 1.54) is 0 Å². The average Bonchev–Trinajstić information content (AvgIpc) is 3.00. The third-order valence-electron chi connectivity index (χ3n) is 2.88. The maximum atomic E-state index is 5.98. The topological polar surface area (TPSA) is 77.8 Å². The lowest BCUT2D eigenvalue weighted by Crippen LogP contribution is -1.96. The molecule has 0 aliphatic rings. The van der Waals surface area contributed by atoms with E-state index >= 15 is 0 Å². The summed E-state index contributed by atoms with van der Waals surface area (Å²) in [7, 11) is 0. The van der Waals surface area contributed by atoms with Crippen molar-refractivity contribution in [1.82, 2.24) is 15.1 Å². The maximum absolute atomic E-state index is 5.98. The number of aromatic nitrogens is 3. The summed E-state index contributed by atoms with van der Waals surface area (Å²) < 4.78 is 5.22. The van der Waals surface area contributed by atoms with Crippen molar-refractivity contribution in [2.75, 3.05) is 0 Å². The van der Waals surface area contributed by atoms with E-state index in [1.807, 2.05) is 6.07 Å². The number of nitrogens with two attached hydrogens (primary N) is 1. The summed E-state index contributed by atoms with van der Waals surface area (Å²) in [6.45, 7) is 0.436. The van der Waals surface area contributed by atoms with Crippen LogP contribution in [0, 0.1) is 0 Å². The minimum absolute atomic E-state index is 0.333. The number of hydrogen-bond acceptors (Lipinski definition) is 5. The molecule has 0 atom stereocenters. The monoisotopic (exact) mass is 320 g/mol. The SMILES string of the molecule is NCc1ccc(-c2nc(-c3ccc(Cl)c(Cl)c3)no2)nc1. The Labute approximate surface area is 130 Å². The molecule has 2 N–H and O–H groups in total. The van der Waals surface area contributed by atoms with Crippen LogP contribution < -0.4 is 5.73 Å². The zero-order valence-corrected chi connectivity index (χ0v) is 12.3. The van der Waals surface area contributed by atoms with Gasteiger partial charge in [-0.05, 0) is 29.8 Å². The third-order valence-corrected chi connectivity index (χ3v) is 3.62. The zero-order chi connectivity index (χ0) is 14.8. The second-order valence-electron chi connectivity index (χ2n) is 4.31. The van der Waals surface area contributed by atoms with Gasteiger partial charge in [0.1, 0.15) is 5.69 Å². The summed E-state index contributed by atoms with van der Waals surface area (Å²) in [4.78, 5) is 8.54. The van der Waals surface area contributed by atoms with Gasteiger partial charge in [0.05, 0.1) is 10.0 Å². The van der Waals surface area contributed by atoms with Crippen LogP contribution >= 0.6 is 23.2 Å². The van der Waals surface area contributed by atoms with Gasteiger partial charge < -0.3 is 10.3 Å². The van der Waals surface area contributed by atoms with Gasteiger partial charge in [0.2, 0.25) is 5.82 Å². The van der Waals surface area contributed by atoms with E-state index in [9.17, 15) is 0 Å². The minimum Gasteiger partial charge on any atom is -0.332 e. The van der Waals surface area contributed by atoms with Crippen LogP contribution in [-0.2, 0) is 6.54 Å². The minimum atomic E-state index is 0.333. The van der Waals surface area contributed by atoms with E-state index in [4.69, 9.17) is 33.5 Å². The number of nitrogens with zero attached hydrogens (tertiary/aromatic N) is 3. The van der Waals surface area contributed by atoms with Crippen LogP contribution in [0.3, 0.4) is 0 Å². The van der Waals surface area contributed by atoms with Gasteiger partial charge in [-0.15, -0.1) is 0 Å². The van der Waals surface area contributed by atoms with Crippen molar-refractivity contribution in [3.8, 4) is 23.0 Å². The molecule has 1 aromatic carbocycles. The molecule has 106 valence electrons. The predicted octanol–water partition coefficient (Wildman–Crippen LogP) is 3.56. The molecule has 5 nitrogen and oxygen atoms in total. The highest BCUT2D eigenvalue weighted by atomic mass is 35.5. The number of benzene rings is 1. The van der Waals surface area contributed by atoms with Crippen LogP contribution in [0.2, 0.25) is 10.0 Å². The smallest absolute Gasteiger partial charge is 0.276 e. The molecule has 7 heteroatoms. The van der Waals surface area contributed by atoms with Crippen molar-refractivity contribution in [2.24, 2.45) is 5.73 Å². The Hall–Kier alpha value is -1.95. The van der Waals surface area contributed by atoms with Gasteiger partial charge >= 0.3 is 0 Å². The van der Waals surface area contributed by atoms with Gasteiger partial charge in [-0.2, -0.15) is 4.98 Å². The maximum Gasteiger partial charge on any atom is 0.276 e. The van der Waals surface area contributed by atoms with E-state index < -0.39 is 0 Å². The van der Waals surface area contributed by atoms with Gasteiger partial charge in [-0.1, -0.05) is 34.4 Å². The summed E-state index contributed by atoms with van der Waals surface area (Å²) in [5.41, 5.74) is 7.77. The molecule has 0 spiro atoms. The first-order chi connectivity index (χ1) is 10.2. The first-order valence-corrected chi connectivity index (χ1v) is 6.87. The highest BCUT2D eigenvalue weighted by Gasteiger charge is 2.12. The van der Waals surface area contributed by atoms with Crippen molar-refractivity contribution in [1.29, 1.82) is 0 Å². The number of rotatable bonds is 3. The van der Waals surface area contributed by atoms with E-state index in [0.29, 0.717) is 34.0 Å². The van der Waals surface area contributed by atoms with E-state index in [2.05, 4.69) is 15.1 Å². The highest BCUT2D eigenvalue weighted by Crippen LogP contribution is 2.28. The molecule has 0 amide bonds. The molecule has 0 unspecified atom stereocenters. The van der Waals surface area contributed by atoms with Crippen LogP contribution in [0.15, 0.2) is 41.1 Å². The lowest BCUT2D eigenvalue weighted by atomic mass is 10.2. The number of pyridine rings is 1. The van der Waals surface area contributed by atoms with Crippen LogP contribution in [0.25, 0.3) is 23.0 Å².